The summed E-state index contributed by atoms with van der Waals surface area (Å²) in [4.78, 5) is 7.78. The lowest BCUT2D eigenvalue weighted by atomic mass is 10.3. The quantitative estimate of drug-likeness (QED) is 0.221. The molecule has 0 unspecified atom stereocenters. The van der Waals surface area contributed by atoms with Crippen LogP contribution in [0, 0.1) is 0 Å². The monoisotopic (exact) mass is 603 g/mol. The van der Waals surface area contributed by atoms with E-state index in [-0.39, 0.29) is 10.8 Å². The second-order valence-electron chi connectivity index (χ2n) is 9.47. The van der Waals surface area contributed by atoms with Gasteiger partial charge in [-0.1, -0.05) is 72.8 Å². The molecule has 6 aromatic rings. The molecule has 0 fully saturated rings. The fraction of sp³-hybridized carbons (Fsp3) is 0.0286. The molecule has 0 spiro atoms. The van der Waals surface area contributed by atoms with Crippen LogP contribution in [0.25, 0.3) is 0 Å². The molecule has 1 heterocycles. The van der Waals surface area contributed by atoms with Crippen molar-refractivity contribution in [2.75, 3.05) is 17.1 Å². The number of anilines is 2. The molecule has 6 rings (SSSR count). The van der Waals surface area contributed by atoms with Crippen LogP contribution in [0.15, 0.2) is 169 Å². The van der Waals surface area contributed by atoms with Crippen molar-refractivity contribution in [2.24, 2.45) is 0 Å². The molecule has 0 amide bonds. The fourth-order valence-corrected chi connectivity index (χ4v) is 10.1. The van der Waals surface area contributed by atoms with E-state index < -0.39 is 17.3 Å². The van der Waals surface area contributed by atoms with Gasteiger partial charge in [0, 0.05) is 25.1 Å². The number of nitrogens with zero attached hydrogens (tertiary/aromatic N) is 2. The molecule has 6 nitrogen and oxygen atoms in total. The van der Waals surface area contributed by atoms with Crippen LogP contribution in [-0.2, 0) is 10.0 Å². The molecule has 0 aliphatic rings. The molecule has 0 bridgehead atoms. The van der Waals surface area contributed by atoms with E-state index in [2.05, 4.69) is 141 Å². The molecule has 43 heavy (non-hydrogen) atoms. The highest BCUT2D eigenvalue weighted by Gasteiger charge is 2.47. The summed E-state index contributed by atoms with van der Waals surface area (Å²) in [5.41, 5.74) is 0.838. The van der Waals surface area contributed by atoms with Crippen LogP contribution < -0.4 is 31.3 Å². The Kier molecular flexibility index (Phi) is 9.57. The third-order valence-electron chi connectivity index (χ3n) is 6.82. The third-order valence-corrected chi connectivity index (χ3v) is 12.5. The predicted molar refractivity (Wildman–Crippen MR) is 180 cm³/mol. The number of hydrogen-bond donors (Lipinski definition) is 2. The van der Waals surface area contributed by atoms with Gasteiger partial charge in [-0.05, 0) is 78.9 Å². The van der Waals surface area contributed by atoms with Gasteiger partial charge in [0.2, 0.25) is 5.95 Å². The molecule has 0 radical (unpaired) electrons. The van der Waals surface area contributed by atoms with Crippen molar-refractivity contribution in [3.63, 3.8) is 0 Å². The maximum atomic E-state index is 12.0. The minimum atomic E-state index is -3.64. The van der Waals surface area contributed by atoms with E-state index in [9.17, 15) is 8.42 Å². The molecule has 1 aromatic heterocycles. The van der Waals surface area contributed by atoms with E-state index in [4.69, 9.17) is 0 Å². The molecular weight excluding hydrogens is 571 g/mol. The first-order valence-corrected chi connectivity index (χ1v) is 17.0. The molecule has 0 saturated carbocycles. The van der Waals surface area contributed by atoms with E-state index in [0.29, 0.717) is 0 Å². The zero-order chi connectivity index (χ0) is 30.0. The Morgan fingerprint density at radius 2 is 0.884 bits per heavy atom. The molecule has 0 atom stereocenters. The van der Waals surface area contributed by atoms with Crippen molar-refractivity contribution in [3.8, 4) is 0 Å². The van der Waals surface area contributed by atoms with Crippen LogP contribution in [0.2, 0.25) is 0 Å². The second kappa shape index (κ2) is 13.9. The van der Waals surface area contributed by atoms with Crippen LogP contribution in [0.4, 0.5) is 11.6 Å². The first-order valence-electron chi connectivity index (χ1n) is 13.7. The molecule has 0 saturated heterocycles. The van der Waals surface area contributed by atoms with Crippen molar-refractivity contribution >= 4 is 50.1 Å². The summed E-state index contributed by atoms with van der Waals surface area (Å²) in [6.45, 7) is 0. The van der Waals surface area contributed by atoms with E-state index in [1.807, 2.05) is 0 Å². The Bertz CT molecular complexity index is 1650. The summed E-state index contributed by atoms with van der Waals surface area (Å²) in [7, 11) is -3.78. The van der Waals surface area contributed by atoms with E-state index in [1.165, 1.54) is 45.7 Å². The first-order chi connectivity index (χ1) is 21.0. The fourth-order valence-electron chi connectivity index (χ4n) is 4.83. The van der Waals surface area contributed by atoms with Gasteiger partial charge in [-0.25, -0.2) is 23.1 Å². The SMILES string of the molecule is CNc1ccc(S(=O)(=O)Nc2ncccn2)cc1.c1ccc([P+](c2ccccc2)(c2ccccc2)c2ccccc2)cc1. The molecule has 8 heteroatoms. The van der Waals surface area contributed by atoms with Gasteiger partial charge in [0.1, 0.15) is 28.5 Å². The second-order valence-corrected chi connectivity index (χ2v) is 14.6. The van der Waals surface area contributed by atoms with Crippen LogP contribution in [-0.4, -0.2) is 25.4 Å². The Labute approximate surface area is 253 Å². The molecule has 0 aliphatic carbocycles. The molecule has 2 N–H and O–H groups in total. The van der Waals surface area contributed by atoms with Gasteiger partial charge in [0.25, 0.3) is 10.0 Å². The van der Waals surface area contributed by atoms with Crippen molar-refractivity contribution in [2.45, 2.75) is 4.90 Å². The van der Waals surface area contributed by atoms with Gasteiger partial charge < -0.3 is 5.32 Å². The average molecular weight is 604 g/mol. The maximum Gasteiger partial charge on any atom is 0.264 e. The van der Waals surface area contributed by atoms with Crippen LogP contribution in [0.5, 0.6) is 0 Å². The standard InChI is InChI=1S/C24H20P.C11H12N4O2S/c1-5-13-21(14-6-1)25(22-15-7-2-8-16-22,23-17-9-3-10-18-23)24-19-11-4-12-20-24;1-12-9-3-5-10(6-4-9)18(16,17)15-11-13-7-2-8-14-11/h1-20H;2-8,12H,1H3,(H,13,14,15)/q+1;. The lowest BCUT2D eigenvalue weighted by molar-refractivity contribution is 0.601. The van der Waals surface area contributed by atoms with Gasteiger partial charge >= 0.3 is 0 Å². The third kappa shape index (κ3) is 6.81. The Morgan fingerprint density at radius 3 is 1.23 bits per heavy atom. The summed E-state index contributed by atoms with van der Waals surface area (Å²) >= 11 is 0. The van der Waals surface area contributed by atoms with Crippen LogP contribution in [0.3, 0.4) is 0 Å². The number of benzene rings is 5. The zero-order valence-corrected chi connectivity index (χ0v) is 25.4. The number of rotatable bonds is 8. The number of nitrogens with one attached hydrogen (secondary N) is 2. The van der Waals surface area contributed by atoms with Gasteiger partial charge in [-0.15, -0.1) is 0 Å². The molecule has 214 valence electrons. The normalized spacial score (nSPS) is 11.1. The van der Waals surface area contributed by atoms with Crippen LogP contribution in [0.1, 0.15) is 0 Å². The van der Waals surface area contributed by atoms with Gasteiger partial charge in [-0.3, -0.25) is 0 Å². The van der Waals surface area contributed by atoms with Crippen molar-refractivity contribution in [3.05, 3.63) is 164 Å². The maximum absolute atomic E-state index is 12.0. The summed E-state index contributed by atoms with van der Waals surface area (Å²) in [6.07, 6.45) is 2.93. The van der Waals surface area contributed by atoms with Gasteiger partial charge in [0.15, 0.2) is 0 Å². The number of sulfonamides is 1. The van der Waals surface area contributed by atoms with Crippen molar-refractivity contribution < 1.29 is 8.42 Å². The molecular formula is C35H32N4O2PS+. The zero-order valence-electron chi connectivity index (χ0n) is 23.7. The highest BCUT2D eigenvalue weighted by atomic mass is 32.2. The first kappa shape index (κ1) is 29.6. The lowest BCUT2D eigenvalue weighted by Gasteiger charge is -2.27. The number of hydrogen-bond acceptors (Lipinski definition) is 5. The lowest BCUT2D eigenvalue weighted by Crippen LogP contribution is -2.38. The van der Waals surface area contributed by atoms with E-state index in [1.54, 1.807) is 25.2 Å². The Balaban J connectivity index is 0.000000181. The molecule has 5 aromatic carbocycles. The largest absolute Gasteiger partial charge is 0.388 e. The Morgan fingerprint density at radius 1 is 0.512 bits per heavy atom. The van der Waals surface area contributed by atoms with Crippen molar-refractivity contribution in [1.82, 2.24) is 9.97 Å². The summed E-state index contributed by atoms with van der Waals surface area (Å²) in [5.74, 6) is 0.0511. The highest BCUT2D eigenvalue weighted by Crippen LogP contribution is 2.53. The van der Waals surface area contributed by atoms with Gasteiger partial charge in [-0.2, -0.15) is 0 Å². The topological polar surface area (TPSA) is 84.0 Å². The summed E-state index contributed by atoms with van der Waals surface area (Å²) in [5, 5.41) is 8.47. The minimum Gasteiger partial charge on any atom is -0.388 e. The summed E-state index contributed by atoms with van der Waals surface area (Å²) in [6, 6.07) is 51.8. The molecule has 0 aliphatic heterocycles. The number of aromatic nitrogens is 2. The predicted octanol–water partition coefficient (Wildman–Crippen LogP) is 5.63. The Hall–Kier alpha value is -4.84. The smallest absolute Gasteiger partial charge is 0.264 e. The van der Waals surface area contributed by atoms with E-state index in [0.717, 1.165) is 5.69 Å². The minimum absolute atomic E-state index is 0.0511. The van der Waals surface area contributed by atoms with Crippen molar-refractivity contribution in [1.29, 1.82) is 0 Å². The average Bonchev–Trinajstić information content (AvgIpc) is 3.08. The summed E-state index contributed by atoms with van der Waals surface area (Å²) < 4.78 is 26.3. The van der Waals surface area contributed by atoms with Crippen LogP contribution >= 0.6 is 7.26 Å². The van der Waals surface area contributed by atoms with Gasteiger partial charge in [0.05, 0.1) is 4.90 Å². The van der Waals surface area contributed by atoms with E-state index >= 15 is 0 Å². The highest BCUT2D eigenvalue weighted by molar-refractivity contribution is 8.01.